The summed E-state index contributed by atoms with van der Waals surface area (Å²) in [4.78, 5) is 4.71. The summed E-state index contributed by atoms with van der Waals surface area (Å²) in [7, 11) is 0. The van der Waals surface area contributed by atoms with E-state index < -0.39 is 0 Å². The van der Waals surface area contributed by atoms with Crippen molar-refractivity contribution < 1.29 is 0 Å². The molecule has 0 aliphatic carbocycles. The van der Waals surface area contributed by atoms with Crippen LogP contribution in [0.5, 0.6) is 0 Å². The van der Waals surface area contributed by atoms with Gasteiger partial charge in [0.2, 0.25) is 0 Å². The normalized spacial score (nSPS) is 10.8. The van der Waals surface area contributed by atoms with Gasteiger partial charge in [0.25, 0.3) is 6.71 Å². The first-order valence-corrected chi connectivity index (χ1v) is 9.98. The highest BCUT2D eigenvalue weighted by molar-refractivity contribution is 6.95. The van der Waals surface area contributed by atoms with E-state index in [0.29, 0.717) is 5.69 Å². The Morgan fingerprint density at radius 2 is 1.34 bits per heavy atom. The van der Waals surface area contributed by atoms with Crippen molar-refractivity contribution in [1.29, 1.82) is 0 Å². The number of benzene rings is 3. The van der Waals surface area contributed by atoms with Gasteiger partial charge in [-0.3, -0.25) is 4.98 Å². The first kappa shape index (κ1) is 19.2. The molecule has 0 aliphatic heterocycles. The second kappa shape index (κ2) is 8.09. The van der Waals surface area contributed by atoms with E-state index in [1.165, 1.54) is 38.7 Å². The third-order valence-electron chi connectivity index (χ3n) is 5.44. The molecule has 0 atom stereocenters. The molecule has 0 saturated heterocycles. The fourth-order valence-corrected chi connectivity index (χ4v) is 4.29. The van der Waals surface area contributed by atoms with Crippen molar-refractivity contribution in [1.82, 2.24) is 4.98 Å². The van der Waals surface area contributed by atoms with Crippen molar-refractivity contribution >= 4 is 23.2 Å². The first-order chi connectivity index (χ1) is 14.0. The van der Waals surface area contributed by atoms with E-state index in [1.807, 2.05) is 18.2 Å². The Kier molecular flexibility index (Phi) is 5.35. The van der Waals surface area contributed by atoms with Crippen molar-refractivity contribution in [2.24, 2.45) is 0 Å². The second-order valence-corrected chi connectivity index (χ2v) is 7.72. The number of rotatable bonds is 4. The predicted molar refractivity (Wildman–Crippen MR) is 125 cm³/mol. The lowest BCUT2D eigenvalue weighted by molar-refractivity contribution is 1.30. The molecule has 0 fully saturated rings. The van der Waals surface area contributed by atoms with Crippen molar-refractivity contribution in [2.45, 2.75) is 20.8 Å². The van der Waals surface area contributed by atoms with Crippen LogP contribution in [0.4, 0.5) is 0 Å². The van der Waals surface area contributed by atoms with Crippen molar-refractivity contribution in [3.63, 3.8) is 0 Å². The van der Waals surface area contributed by atoms with Crippen LogP contribution >= 0.6 is 0 Å². The Hall–Kier alpha value is -3.13. The zero-order valence-corrected chi connectivity index (χ0v) is 17.2. The molecule has 0 spiro atoms. The molecule has 2 heteroatoms. The van der Waals surface area contributed by atoms with Crippen LogP contribution in [0.15, 0.2) is 84.9 Å². The van der Waals surface area contributed by atoms with Crippen molar-refractivity contribution in [3.05, 3.63) is 114 Å². The standard InChI is InChI=1S/C27H24BN/c1-19-16-20(2)27(21(3)17-19)28(26-15-8-10-22(4)29-26)25-14-9-13-24(18-25)23-11-6-5-7-12-23/h4-18H,1-3H3. The molecule has 3 aromatic carbocycles. The molecule has 0 N–H and O–H groups in total. The molecule has 4 rings (SSSR count). The zero-order chi connectivity index (χ0) is 20.4. The molecule has 1 aromatic heterocycles. The minimum atomic E-state index is 0.0303. The van der Waals surface area contributed by atoms with E-state index in [9.17, 15) is 0 Å². The molecule has 0 saturated carbocycles. The Morgan fingerprint density at radius 1 is 0.690 bits per heavy atom. The van der Waals surface area contributed by atoms with Crippen LogP contribution in [0.1, 0.15) is 22.4 Å². The topological polar surface area (TPSA) is 12.9 Å². The fraction of sp³-hybridized carbons (Fsp3) is 0.111. The van der Waals surface area contributed by atoms with E-state index >= 15 is 0 Å². The summed E-state index contributed by atoms with van der Waals surface area (Å²) in [6.07, 6.45) is 0. The molecular weight excluding hydrogens is 349 g/mol. The Morgan fingerprint density at radius 3 is 2.03 bits per heavy atom. The number of pyridine rings is 1. The van der Waals surface area contributed by atoms with Gasteiger partial charge in [0.05, 0.1) is 0 Å². The molecule has 0 aliphatic rings. The van der Waals surface area contributed by atoms with E-state index in [4.69, 9.17) is 11.9 Å². The Bertz CT molecular complexity index is 1130. The summed E-state index contributed by atoms with van der Waals surface area (Å²) in [5.74, 6) is 0. The van der Waals surface area contributed by atoms with Crippen molar-refractivity contribution in [2.75, 3.05) is 0 Å². The fourth-order valence-electron chi connectivity index (χ4n) is 4.29. The van der Waals surface area contributed by atoms with E-state index in [2.05, 4.69) is 87.5 Å². The van der Waals surface area contributed by atoms with Gasteiger partial charge < -0.3 is 0 Å². The van der Waals surface area contributed by atoms with Gasteiger partial charge in [-0.1, -0.05) is 100 Å². The molecular formula is C27H24BN. The number of hydrogen-bond donors (Lipinski definition) is 0. The maximum Gasteiger partial charge on any atom is 0.265 e. The monoisotopic (exact) mass is 373 g/mol. The van der Waals surface area contributed by atoms with Crippen LogP contribution in [0.2, 0.25) is 0 Å². The summed E-state index contributed by atoms with van der Waals surface area (Å²) in [5.41, 5.74) is 10.3. The Balaban J connectivity index is 1.93. The summed E-state index contributed by atoms with van der Waals surface area (Å²) in [6, 6.07) is 29.7. The molecule has 1 heterocycles. The summed E-state index contributed by atoms with van der Waals surface area (Å²) >= 11 is 0. The second-order valence-electron chi connectivity index (χ2n) is 7.72. The molecule has 0 amide bonds. The minimum absolute atomic E-state index is 0.0303. The highest BCUT2D eigenvalue weighted by Gasteiger charge is 2.27. The molecule has 1 nitrogen and oxygen atoms in total. The largest absolute Gasteiger partial charge is 0.267 e. The molecule has 140 valence electrons. The van der Waals surface area contributed by atoms with E-state index in [-0.39, 0.29) is 6.71 Å². The van der Waals surface area contributed by atoms with Crippen molar-refractivity contribution in [3.8, 4) is 11.1 Å². The maximum atomic E-state index is 6.06. The number of aryl methyl sites for hydroxylation is 3. The quantitative estimate of drug-likeness (QED) is 0.488. The smallest absolute Gasteiger partial charge is 0.265 e. The number of nitrogens with zero attached hydrogens (tertiary/aromatic N) is 1. The Labute approximate surface area is 174 Å². The number of hydrogen-bond acceptors (Lipinski definition) is 1. The lowest BCUT2D eigenvalue weighted by Gasteiger charge is -2.21. The molecule has 2 radical (unpaired) electrons. The van der Waals surface area contributed by atoms with Gasteiger partial charge in [0, 0.05) is 18.2 Å². The van der Waals surface area contributed by atoms with Gasteiger partial charge in [-0.05, 0) is 44.0 Å². The SMILES string of the molecule is [CH]c1cccc(B(c2cccc(-c3ccccc3)c2)c2c(C)cc(C)cc2C)n1. The minimum Gasteiger partial charge on any atom is -0.267 e. The third-order valence-corrected chi connectivity index (χ3v) is 5.44. The molecule has 0 unspecified atom stereocenters. The van der Waals surface area contributed by atoms with Crippen LogP contribution in [0.25, 0.3) is 11.1 Å². The third kappa shape index (κ3) is 4.02. The molecule has 4 aromatic rings. The average molecular weight is 373 g/mol. The lowest BCUT2D eigenvalue weighted by atomic mass is 9.37. The first-order valence-electron chi connectivity index (χ1n) is 9.98. The van der Waals surface area contributed by atoms with Crippen LogP contribution < -0.4 is 16.5 Å². The van der Waals surface area contributed by atoms with Crippen LogP contribution in [-0.4, -0.2) is 11.7 Å². The molecule has 29 heavy (non-hydrogen) atoms. The number of aromatic nitrogens is 1. The highest BCUT2D eigenvalue weighted by atomic mass is 14.7. The summed E-state index contributed by atoms with van der Waals surface area (Å²) < 4.78 is 0. The van der Waals surface area contributed by atoms with Gasteiger partial charge in [-0.2, -0.15) is 0 Å². The van der Waals surface area contributed by atoms with Crippen LogP contribution in [-0.2, 0) is 0 Å². The zero-order valence-electron chi connectivity index (χ0n) is 17.2. The predicted octanol–water partition coefficient (Wildman–Crippen LogP) is 4.25. The summed E-state index contributed by atoms with van der Waals surface area (Å²) in [5, 5.41) is 0. The molecule has 0 bridgehead atoms. The maximum absolute atomic E-state index is 6.06. The van der Waals surface area contributed by atoms with Gasteiger partial charge in [-0.15, -0.1) is 0 Å². The lowest BCUT2D eigenvalue weighted by Crippen LogP contribution is -2.55. The highest BCUT2D eigenvalue weighted by Crippen LogP contribution is 2.18. The van der Waals surface area contributed by atoms with Gasteiger partial charge >= 0.3 is 0 Å². The average Bonchev–Trinajstić information content (AvgIpc) is 2.71. The van der Waals surface area contributed by atoms with Crippen LogP contribution in [0.3, 0.4) is 0 Å². The van der Waals surface area contributed by atoms with Gasteiger partial charge in [0.1, 0.15) is 0 Å². The summed E-state index contributed by atoms with van der Waals surface area (Å²) in [6.45, 7) is 12.6. The van der Waals surface area contributed by atoms with E-state index in [0.717, 1.165) is 5.59 Å². The van der Waals surface area contributed by atoms with E-state index in [1.54, 1.807) is 0 Å². The van der Waals surface area contributed by atoms with Gasteiger partial charge in [-0.25, -0.2) is 0 Å². The van der Waals surface area contributed by atoms with Gasteiger partial charge in [0.15, 0.2) is 0 Å². The van der Waals surface area contributed by atoms with Crippen LogP contribution in [0, 0.1) is 27.7 Å².